The van der Waals surface area contributed by atoms with Crippen LogP contribution in [0, 0.1) is 18.3 Å². The van der Waals surface area contributed by atoms with E-state index in [1.54, 1.807) is 36.0 Å². The van der Waals surface area contributed by atoms with Gasteiger partial charge in [0.1, 0.15) is 0 Å². The molecule has 0 bridgehead atoms. The van der Waals surface area contributed by atoms with Crippen molar-refractivity contribution in [3.63, 3.8) is 0 Å². The fraction of sp³-hybridized carbons (Fsp3) is 0.526. The summed E-state index contributed by atoms with van der Waals surface area (Å²) in [7, 11) is 3.47. The van der Waals surface area contributed by atoms with Crippen molar-refractivity contribution in [3.8, 4) is 6.07 Å². The maximum absolute atomic E-state index is 13.0. The minimum Gasteiger partial charge on any atom is -0.347 e. The monoisotopic (exact) mass is 376 g/mol. The Kier molecular flexibility index (Phi) is 7.01. The van der Waals surface area contributed by atoms with Gasteiger partial charge in [-0.1, -0.05) is 11.6 Å². The van der Waals surface area contributed by atoms with Crippen molar-refractivity contribution < 1.29 is 9.59 Å². The van der Waals surface area contributed by atoms with E-state index in [0.29, 0.717) is 11.6 Å². The van der Waals surface area contributed by atoms with Crippen LogP contribution in [0.1, 0.15) is 24.8 Å². The zero-order valence-electron chi connectivity index (χ0n) is 15.5. The minimum absolute atomic E-state index is 0.0289. The highest BCUT2D eigenvalue weighted by molar-refractivity contribution is 6.31. The maximum atomic E-state index is 13.0. The molecule has 2 rings (SSSR count). The third-order valence-electron chi connectivity index (χ3n) is 4.63. The van der Waals surface area contributed by atoms with Crippen molar-refractivity contribution in [1.82, 2.24) is 9.80 Å². The second-order valence-electron chi connectivity index (χ2n) is 6.75. The maximum Gasteiger partial charge on any atom is 0.241 e. The van der Waals surface area contributed by atoms with Crippen LogP contribution in [-0.2, 0) is 9.59 Å². The van der Waals surface area contributed by atoms with Crippen molar-refractivity contribution in [2.45, 2.75) is 32.2 Å². The Morgan fingerprint density at radius 2 is 2.12 bits per heavy atom. The lowest BCUT2D eigenvalue weighted by Gasteiger charge is -2.29. The number of nitrogens with zero attached hydrogens (tertiary/aromatic N) is 4. The Bertz CT molecular complexity index is 714. The molecule has 0 N–H and O–H groups in total. The quantitative estimate of drug-likeness (QED) is 0.764. The van der Waals surface area contributed by atoms with E-state index in [2.05, 4.69) is 6.07 Å². The van der Waals surface area contributed by atoms with Gasteiger partial charge in [0, 0.05) is 31.4 Å². The fourth-order valence-corrected chi connectivity index (χ4v) is 3.33. The molecule has 1 aromatic carbocycles. The molecule has 1 aromatic rings. The number of anilines is 1. The van der Waals surface area contributed by atoms with Crippen LogP contribution in [-0.4, -0.2) is 61.4 Å². The van der Waals surface area contributed by atoms with Crippen molar-refractivity contribution in [2.75, 3.05) is 38.6 Å². The Morgan fingerprint density at radius 3 is 2.73 bits per heavy atom. The molecule has 2 amide bonds. The van der Waals surface area contributed by atoms with E-state index in [1.807, 2.05) is 17.9 Å². The van der Waals surface area contributed by atoms with E-state index in [9.17, 15) is 9.59 Å². The SMILES string of the molecule is Cc1cc(N(CCC#N)C(=O)CN2CCCC2C(=O)N(C)C)ccc1Cl. The van der Waals surface area contributed by atoms with Gasteiger partial charge in [-0.25, -0.2) is 0 Å². The number of nitriles is 1. The van der Waals surface area contributed by atoms with Crippen LogP contribution in [0.3, 0.4) is 0 Å². The highest BCUT2D eigenvalue weighted by atomic mass is 35.5. The molecule has 1 aliphatic rings. The van der Waals surface area contributed by atoms with Gasteiger partial charge in [-0.05, 0) is 50.1 Å². The summed E-state index contributed by atoms with van der Waals surface area (Å²) >= 11 is 6.08. The van der Waals surface area contributed by atoms with Gasteiger partial charge >= 0.3 is 0 Å². The number of carbonyl (C=O) groups is 2. The number of likely N-dealkylation sites (N-methyl/N-ethyl adjacent to an activating group) is 1. The van der Waals surface area contributed by atoms with Crippen molar-refractivity contribution in [3.05, 3.63) is 28.8 Å². The van der Waals surface area contributed by atoms with Gasteiger partial charge in [0.2, 0.25) is 11.8 Å². The average Bonchev–Trinajstić information content (AvgIpc) is 3.05. The molecule has 7 heteroatoms. The predicted octanol–water partition coefficient (Wildman–Crippen LogP) is 2.45. The van der Waals surface area contributed by atoms with Gasteiger partial charge < -0.3 is 9.80 Å². The van der Waals surface area contributed by atoms with Crippen LogP contribution >= 0.6 is 11.6 Å². The minimum atomic E-state index is -0.251. The molecule has 0 radical (unpaired) electrons. The van der Waals surface area contributed by atoms with E-state index >= 15 is 0 Å². The first-order valence-electron chi connectivity index (χ1n) is 8.74. The molecule has 0 aliphatic carbocycles. The first-order chi connectivity index (χ1) is 12.3. The van der Waals surface area contributed by atoms with Crippen LogP contribution in [0.5, 0.6) is 0 Å². The zero-order valence-corrected chi connectivity index (χ0v) is 16.3. The molecule has 140 valence electrons. The van der Waals surface area contributed by atoms with E-state index in [4.69, 9.17) is 16.9 Å². The number of halogens is 1. The third kappa shape index (κ3) is 4.75. The molecule has 0 aromatic heterocycles. The molecule has 0 spiro atoms. The summed E-state index contributed by atoms with van der Waals surface area (Å²) in [6, 6.07) is 7.24. The van der Waals surface area contributed by atoms with Gasteiger partial charge in [0.05, 0.1) is 25.1 Å². The van der Waals surface area contributed by atoms with Crippen molar-refractivity contribution in [1.29, 1.82) is 5.26 Å². The molecule has 6 nitrogen and oxygen atoms in total. The van der Waals surface area contributed by atoms with Crippen LogP contribution in [0.4, 0.5) is 5.69 Å². The molecule has 1 fully saturated rings. The number of amides is 2. The standard InChI is InChI=1S/C19H25ClN4O2/c1-14-12-15(7-8-16(14)20)24(11-5-9-21)18(25)13-23-10-4-6-17(23)19(26)22(2)3/h7-8,12,17H,4-6,10-11,13H2,1-3H3. The first-order valence-corrected chi connectivity index (χ1v) is 9.11. The Hall–Kier alpha value is -2.10. The smallest absolute Gasteiger partial charge is 0.241 e. The van der Waals surface area contributed by atoms with Crippen LogP contribution in [0.25, 0.3) is 0 Å². The second kappa shape index (κ2) is 9.02. The largest absolute Gasteiger partial charge is 0.347 e. The molecule has 26 heavy (non-hydrogen) atoms. The number of hydrogen-bond donors (Lipinski definition) is 0. The molecular formula is C19H25ClN4O2. The summed E-state index contributed by atoms with van der Waals surface area (Å²) in [6.07, 6.45) is 1.91. The number of aryl methyl sites for hydroxylation is 1. The molecule has 0 saturated carbocycles. The highest BCUT2D eigenvalue weighted by Gasteiger charge is 2.33. The van der Waals surface area contributed by atoms with Crippen LogP contribution < -0.4 is 4.90 Å². The number of rotatable bonds is 6. The normalized spacial score (nSPS) is 17.0. The van der Waals surface area contributed by atoms with Gasteiger partial charge in [0.25, 0.3) is 0 Å². The Balaban J connectivity index is 2.17. The lowest BCUT2D eigenvalue weighted by Crippen LogP contribution is -2.47. The van der Waals surface area contributed by atoms with Gasteiger partial charge in [-0.2, -0.15) is 5.26 Å². The van der Waals surface area contributed by atoms with E-state index in [0.717, 1.165) is 30.6 Å². The topological polar surface area (TPSA) is 67.6 Å². The highest BCUT2D eigenvalue weighted by Crippen LogP contribution is 2.24. The van der Waals surface area contributed by atoms with E-state index < -0.39 is 0 Å². The summed E-state index contributed by atoms with van der Waals surface area (Å²) < 4.78 is 0. The van der Waals surface area contributed by atoms with Crippen LogP contribution in [0.15, 0.2) is 18.2 Å². The number of benzene rings is 1. The molecule has 1 unspecified atom stereocenters. The van der Waals surface area contributed by atoms with Crippen molar-refractivity contribution >= 4 is 29.1 Å². The molecule has 1 saturated heterocycles. The molecule has 1 atom stereocenters. The number of likely N-dealkylation sites (tertiary alicyclic amines) is 1. The molecule has 1 aliphatic heterocycles. The van der Waals surface area contributed by atoms with Gasteiger partial charge in [0.15, 0.2) is 0 Å². The third-order valence-corrected chi connectivity index (χ3v) is 5.05. The summed E-state index contributed by atoms with van der Waals surface area (Å²) in [4.78, 5) is 30.4. The lowest BCUT2D eigenvalue weighted by atomic mass is 10.2. The summed E-state index contributed by atoms with van der Waals surface area (Å²) in [5, 5.41) is 9.57. The number of hydrogen-bond acceptors (Lipinski definition) is 4. The lowest BCUT2D eigenvalue weighted by molar-refractivity contribution is -0.134. The van der Waals surface area contributed by atoms with Gasteiger partial charge in [-0.3, -0.25) is 14.5 Å². The van der Waals surface area contributed by atoms with E-state index in [-0.39, 0.29) is 30.8 Å². The molecular weight excluding hydrogens is 352 g/mol. The van der Waals surface area contributed by atoms with Crippen LogP contribution in [0.2, 0.25) is 5.02 Å². The van der Waals surface area contributed by atoms with Gasteiger partial charge in [-0.15, -0.1) is 0 Å². The zero-order chi connectivity index (χ0) is 19.3. The summed E-state index contributed by atoms with van der Waals surface area (Å²) in [5.41, 5.74) is 1.60. The summed E-state index contributed by atoms with van der Waals surface area (Å²) in [6.45, 7) is 3.08. The average molecular weight is 377 g/mol. The Labute approximate surface area is 159 Å². The van der Waals surface area contributed by atoms with Crippen molar-refractivity contribution in [2.24, 2.45) is 0 Å². The van der Waals surface area contributed by atoms with E-state index in [1.165, 1.54) is 0 Å². The first kappa shape index (κ1) is 20.2. The molecule has 1 heterocycles. The fourth-order valence-electron chi connectivity index (χ4n) is 3.21. The predicted molar refractivity (Wildman–Crippen MR) is 102 cm³/mol. The summed E-state index contributed by atoms with van der Waals surface area (Å²) in [5.74, 6) is -0.0818. The second-order valence-corrected chi connectivity index (χ2v) is 7.16. The Morgan fingerprint density at radius 1 is 1.38 bits per heavy atom. The number of carbonyl (C=O) groups excluding carboxylic acids is 2.